The van der Waals surface area contributed by atoms with Gasteiger partial charge in [0, 0.05) is 17.8 Å². The SMILES string of the molecule is NCC1=NN(c2ccccc2)C(c2cccs2)C1. The maximum Gasteiger partial charge on any atom is 0.0920 e. The molecule has 4 heteroatoms. The van der Waals surface area contributed by atoms with Crippen LogP contribution in [0, 0.1) is 0 Å². The molecule has 0 amide bonds. The Hall–Kier alpha value is -1.65. The van der Waals surface area contributed by atoms with Gasteiger partial charge in [0.15, 0.2) is 0 Å². The lowest BCUT2D eigenvalue weighted by Crippen LogP contribution is -2.17. The molecule has 2 heterocycles. The highest BCUT2D eigenvalue weighted by atomic mass is 32.1. The van der Waals surface area contributed by atoms with Crippen LogP contribution >= 0.6 is 11.3 Å². The topological polar surface area (TPSA) is 41.6 Å². The Labute approximate surface area is 111 Å². The molecule has 1 aliphatic heterocycles. The van der Waals surface area contributed by atoms with E-state index in [1.54, 1.807) is 11.3 Å². The number of benzene rings is 1. The van der Waals surface area contributed by atoms with E-state index in [2.05, 4.69) is 39.8 Å². The molecule has 0 saturated carbocycles. The highest BCUT2D eigenvalue weighted by Gasteiger charge is 2.28. The standard InChI is InChI=1S/C14H15N3S/c15-10-11-9-13(14-7-4-8-18-14)17(16-11)12-5-2-1-3-6-12/h1-8,13H,9-10,15H2. The first-order chi connectivity index (χ1) is 8.88. The molecule has 1 aromatic carbocycles. The predicted octanol–water partition coefficient (Wildman–Crippen LogP) is 3.01. The molecule has 2 N–H and O–H groups in total. The lowest BCUT2D eigenvalue weighted by Gasteiger charge is -2.22. The normalized spacial score (nSPS) is 19.1. The summed E-state index contributed by atoms with van der Waals surface area (Å²) in [6.45, 7) is 0.533. The maximum absolute atomic E-state index is 5.74. The number of hydrogen-bond acceptors (Lipinski definition) is 4. The van der Waals surface area contributed by atoms with Crippen molar-refractivity contribution in [3.63, 3.8) is 0 Å². The number of rotatable bonds is 3. The fourth-order valence-corrected chi connectivity index (χ4v) is 3.03. The van der Waals surface area contributed by atoms with Crippen LogP contribution in [0.5, 0.6) is 0 Å². The molecule has 2 aromatic rings. The van der Waals surface area contributed by atoms with Gasteiger partial charge in [-0.3, -0.25) is 5.01 Å². The smallest absolute Gasteiger partial charge is 0.0920 e. The molecule has 3 nitrogen and oxygen atoms in total. The molecule has 0 bridgehead atoms. The van der Waals surface area contributed by atoms with E-state index >= 15 is 0 Å². The Morgan fingerprint density at radius 1 is 1.22 bits per heavy atom. The zero-order valence-corrected chi connectivity index (χ0v) is 10.8. The Balaban J connectivity index is 1.96. The summed E-state index contributed by atoms with van der Waals surface area (Å²) in [7, 11) is 0. The molecule has 1 aliphatic rings. The third-order valence-corrected chi connectivity index (χ3v) is 4.07. The number of anilines is 1. The van der Waals surface area contributed by atoms with E-state index in [0.29, 0.717) is 12.6 Å². The van der Waals surface area contributed by atoms with Crippen molar-refractivity contribution in [3.8, 4) is 0 Å². The van der Waals surface area contributed by atoms with Crippen LogP contribution in [0.3, 0.4) is 0 Å². The van der Waals surface area contributed by atoms with Crippen LogP contribution in [0.1, 0.15) is 17.3 Å². The molecule has 0 saturated heterocycles. The Morgan fingerprint density at radius 3 is 2.72 bits per heavy atom. The number of thiophene rings is 1. The van der Waals surface area contributed by atoms with E-state index < -0.39 is 0 Å². The van der Waals surface area contributed by atoms with Crippen LogP contribution in [0.2, 0.25) is 0 Å². The quantitative estimate of drug-likeness (QED) is 0.918. The molecule has 92 valence electrons. The summed E-state index contributed by atoms with van der Waals surface area (Å²) in [5.41, 5.74) is 7.93. The first-order valence-electron chi connectivity index (χ1n) is 6.02. The molecule has 0 spiro atoms. The number of nitrogens with zero attached hydrogens (tertiary/aromatic N) is 2. The monoisotopic (exact) mass is 257 g/mol. The van der Waals surface area contributed by atoms with Crippen LogP contribution in [0.15, 0.2) is 52.9 Å². The number of nitrogens with two attached hydrogens (primary N) is 1. The minimum absolute atomic E-state index is 0.297. The van der Waals surface area contributed by atoms with Gasteiger partial charge in [0.25, 0.3) is 0 Å². The molecule has 0 radical (unpaired) electrons. The van der Waals surface area contributed by atoms with E-state index in [-0.39, 0.29) is 0 Å². The molecular weight excluding hydrogens is 242 g/mol. The molecule has 1 unspecified atom stereocenters. The first-order valence-corrected chi connectivity index (χ1v) is 6.90. The van der Waals surface area contributed by atoms with Crippen LogP contribution in [0.4, 0.5) is 5.69 Å². The number of hydrazone groups is 1. The Kier molecular flexibility index (Phi) is 3.13. The minimum atomic E-state index is 0.297. The largest absolute Gasteiger partial charge is 0.325 e. The van der Waals surface area contributed by atoms with Gasteiger partial charge in [-0.1, -0.05) is 24.3 Å². The van der Waals surface area contributed by atoms with Gasteiger partial charge in [0.2, 0.25) is 0 Å². The van der Waals surface area contributed by atoms with Crippen molar-refractivity contribution < 1.29 is 0 Å². The van der Waals surface area contributed by atoms with Gasteiger partial charge in [-0.25, -0.2) is 0 Å². The highest BCUT2D eigenvalue weighted by Crippen LogP contribution is 2.36. The second kappa shape index (κ2) is 4.92. The average molecular weight is 257 g/mol. The van der Waals surface area contributed by atoms with Gasteiger partial charge >= 0.3 is 0 Å². The lowest BCUT2D eigenvalue weighted by molar-refractivity contribution is 0.721. The van der Waals surface area contributed by atoms with Crippen molar-refractivity contribution >= 4 is 22.7 Å². The van der Waals surface area contributed by atoms with Crippen molar-refractivity contribution in [2.45, 2.75) is 12.5 Å². The minimum Gasteiger partial charge on any atom is -0.325 e. The second-order valence-electron chi connectivity index (χ2n) is 4.29. The predicted molar refractivity (Wildman–Crippen MR) is 77.1 cm³/mol. The van der Waals surface area contributed by atoms with Gasteiger partial charge in [0.05, 0.1) is 17.4 Å². The first kappa shape index (κ1) is 11.4. The molecule has 0 aliphatic carbocycles. The summed E-state index contributed by atoms with van der Waals surface area (Å²) < 4.78 is 0. The van der Waals surface area contributed by atoms with Crippen molar-refractivity contribution in [1.29, 1.82) is 0 Å². The third kappa shape index (κ3) is 2.05. The Bertz CT molecular complexity index is 533. The summed E-state index contributed by atoms with van der Waals surface area (Å²) in [5, 5.41) is 8.85. The summed E-state index contributed by atoms with van der Waals surface area (Å²) in [5.74, 6) is 0. The summed E-state index contributed by atoms with van der Waals surface area (Å²) in [6.07, 6.45) is 0.923. The molecular formula is C14H15N3S. The van der Waals surface area contributed by atoms with Crippen molar-refractivity contribution in [2.75, 3.05) is 11.6 Å². The fourth-order valence-electron chi connectivity index (χ4n) is 2.22. The Morgan fingerprint density at radius 2 is 2.06 bits per heavy atom. The van der Waals surface area contributed by atoms with Gasteiger partial charge in [0.1, 0.15) is 0 Å². The van der Waals surface area contributed by atoms with Crippen LogP contribution in [-0.2, 0) is 0 Å². The van der Waals surface area contributed by atoms with E-state index in [9.17, 15) is 0 Å². The van der Waals surface area contributed by atoms with Crippen molar-refractivity contribution in [3.05, 3.63) is 52.7 Å². The summed E-state index contributed by atoms with van der Waals surface area (Å²) in [6, 6.07) is 14.8. The van der Waals surface area contributed by atoms with Crippen molar-refractivity contribution in [1.82, 2.24) is 0 Å². The van der Waals surface area contributed by atoms with E-state index in [1.165, 1.54) is 4.88 Å². The van der Waals surface area contributed by atoms with Crippen LogP contribution in [-0.4, -0.2) is 12.3 Å². The molecule has 1 aromatic heterocycles. The van der Waals surface area contributed by atoms with Crippen LogP contribution < -0.4 is 10.7 Å². The second-order valence-corrected chi connectivity index (χ2v) is 5.27. The van der Waals surface area contributed by atoms with Gasteiger partial charge in [-0.15, -0.1) is 11.3 Å². The lowest BCUT2D eigenvalue weighted by atomic mass is 10.1. The number of para-hydroxylation sites is 1. The maximum atomic E-state index is 5.74. The highest BCUT2D eigenvalue weighted by molar-refractivity contribution is 7.10. The fraction of sp³-hybridized carbons (Fsp3) is 0.214. The molecule has 3 rings (SSSR count). The van der Waals surface area contributed by atoms with Crippen molar-refractivity contribution in [2.24, 2.45) is 10.8 Å². The molecule has 1 atom stereocenters. The third-order valence-electron chi connectivity index (χ3n) is 3.10. The molecule has 0 fully saturated rings. The van der Waals surface area contributed by atoms with Crippen LogP contribution in [0.25, 0.3) is 0 Å². The number of hydrogen-bond donors (Lipinski definition) is 1. The zero-order valence-electron chi connectivity index (χ0n) is 9.99. The van der Waals surface area contributed by atoms with E-state index in [0.717, 1.165) is 17.8 Å². The van der Waals surface area contributed by atoms with E-state index in [4.69, 9.17) is 5.73 Å². The van der Waals surface area contributed by atoms with E-state index in [1.807, 2.05) is 18.2 Å². The summed E-state index contributed by atoms with van der Waals surface area (Å²) in [4.78, 5) is 1.34. The summed E-state index contributed by atoms with van der Waals surface area (Å²) >= 11 is 1.78. The van der Waals surface area contributed by atoms with Gasteiger partial charge < -0.3 is 5.73 Å². The van der Waals surface area contributed by atoms with Gasteiger partial charge in [-0.2, -0.15) is 5.10 Å². The average Bonchev–Trinajstić information content (AvgIpc) is 3.08. The zero-order chi connectivity index (χ0) is 12.4. The molecule has 18 heavy (non-hydrogen) atoms. The van der Waals surface area contributed by atoms with Gasteiger partial charge in [-0.05, 0) is 23.6 Å².